The van der Waals surface area contributed by atoms with Crippen LogP contribution in [0, 0.1) is 0 Å². The summed E-state index contributed by atoms with van der Waals surface area (Å²) in [6, 6.07) is 8.01. The number of aromatic nitrogens is 4. The largest absolute Gasteiger partial charge is 0.312 e. The van der Waals surface area contributed by atoms with Gasteiger partial charge in [0.25, 0.3) is 0 Å². The van der Waals surface area contributed by atoms with Crippen LogP contribution in [0.5, 0.6) is 0 Å². The summed E-state index contributed by atoms with van der Waals surface area (Å²) in [6.45, 7) is 1.68. The molecular weight excluding hydrogens is 262 g/mol. The van der Waals surface area contributed by atoms with Crippen molar-refractivity contribution in [2.75, 3.05) is 6.54 Å². The van der Waals surface area contributed by atoms with Crippen LogP contribution in [-0.4, -0.2) is 26.7 Å². The highest BCUT2D eigenvalue weighted by atomic mass is 15.1. The number of H-pyrrole nitrogens is 1. The quantitative estimate of drug-likeness (QED) is 0.679. The van der Waals surface area contributed by atoms with Gasteiger partial charge in [-0.3, -0.25) is 15.1 Å². The summed E-state index contributed by atoms with van der Waals surface area (Å²) in [7, 11) is 0. The van der Waals surface area contributed by atoms with Gasteiger partial charge in [-0.25, -0.2) is 0 Å². The molecule has 0 unspecified atom stereocenters. The van der Waals surface area contributed by atoms with Crippen molar-refractivity contribution in [3.8, 4) is 11.3 Å². The summed E-state index contributed by atoms with van der Waals surface area (Å²) in [5.74, 6) is 0. The zero-order valence-electron chi connectivity index (χ0n) is 11.7. The van der Waals surface area contributed by atoms with E-state index in [1.807, 2.05) is 36.8 Å². The molecule has 0 radical (unpaired) electrons. The molecule has 2 N–H and O–H groups in total. The van der Waals surface area contributed by atoms with Crippen molar-refractivity contribution in [2.45, 2.75) is 13.0 Å². The van der Waals surface area contributed by atoms with Crippen LogP contribution >= 0.6 is 0 Å². The zero-order valence-corrected chi connectivity index (χ0v) is 11.7. The van der Waals surface area contributed by atoms with E-state index in [0.29, 0.717) is 0 Å². The molecule has 3 heterocycles. The molecule has 0 aliphatic carbocycles. The van der Waals surface area contributed by atoms with Gasteiger partial charge in [0, 0.05) is 42.5 Å². The minimum Gasteiger partial charge on any atom is -0.312 e. The number of hydrogen-bond acceptors (Lipinski definition) is 4. The number of nitrogens with zero attached hydrogens (tertiary/aromatic N) is 3. The van der Waals surface area contributed by atoms with E-state index in [4.69, 9.17) is 0 Å². The highest BCUT2D eigenvalue weighted by Gasteiger charge is 2.07. The van der Waals surface area contributed by atoms with Crippen LogP contribution in [0.1, 0.15) is 11.1 Å². The Morgan fingerprint density at radius 2 is 1.86 bits per heavy atom. The van der Waals surface area contributed by atoms with Gasteiger partial charge in [-0.05, 0) is 36.7 Å². The lowest BCUT2D eigenvalue weighted by Gasteiger charge is -2.05. The van der Waals surface area contributed by atoms with E-state index in [0.717, 1.165) is 36.3 Å². The molecule has 3 aromatic rings. The number of hydrogen-bond donors (Lipinski definition) is 2. The summed E-state index contributed by atoms with van der Waals surface area (Å²) in [5, 5.41) is 10.6. The average Bonchev–Trinajstić information content (AvgIpc) is 3.02. The highest BCUT2D eigenvalue weighted by Crippen LogP contribution is 2.19. The van der Waals surface area contributed by atoms with E-state index in [-0.39, 0.29) is 0 Å². The van der Waals surface area contributed by atoms with E-state index in [2.05, 4.69) is 31.5 Å². The summed E-state index contributed by atoms with van der Waals surface area (Å²) in [6.07, 6.45) is 10.1. The molecule has 0 saturated heterocycles. The molecule has 5 nitrogen and oxygen atoms in total. The minimum atomic E-state index is 0.779. The molecular formula is C16H17N5. The molecule has 0 spiro atoms. The topological polar surface area (TPSA) is 66.5 Å². The van der Waals surface area contributed by atoms with Crippen LogP contribution in [0.3, 0.4) is 0 Å². The number of pyridine rings is 2. The average molecular weight is 279 g/mol. The third-order valence-corrected chi connectivity index (χ3v) is 3.30. The summed E-state index contributed by atoms with van der Waals surface area (Å²) < 4.78 is 0. The fourth-order valence-corrected chi connectivity index (χ4v) is 2.21. The minimum absolute atomic E-state index is 0.779. The summed E-state index contributed by atoms with van der Waals surface area (Å²) >= 11 is 0. The third-order valence-electron chi connectivity index (χ3n) is 3.30. The molecule has 0 bridgehead atoms. The highest BCUT2D eigenvalue weighted by molar-refractivity contribution is 5.61. The standard InChI is InChI=1S/C16H17N5/c1-3-13(9-17-6-1)5-8-19-11-15-12-20-21-16(15)14-4-2-7-18-10-14/h1-4,6-7,9-10,12,19H,5,8,11H2,(H,20,21). The maximum Gasteiger partial charge on any atom is 0.0710 e. The molecule has 0 aromatic carbocycles. The Hall–Kier alpha value is -2.53. The second kappa shape index (κ2) is 6.76. The van der Waals surface area contributed by atoms with Crippen LogP contribution < -0.4 is 5.32 Å². The van der Waals surface area contributed by atoms with E-state index >= 15 is 0 Å². The van der Waals surface area contributed by atoms with Crippen LogP contribution in [0.15, 0.2) is 55.2 Å². The summed E-state index contributed by atoms with van der Waals surface area (Å²) in [5.41, 5.74) is 4.47. The molecule has 0 aliphatic heterocycles. The molecule has 0 fully saturated rings. The van der Waals surface area contributed by atoms with Gasteiger partial charge < -0.3 is 5.32 Å². The fraction of sp³-hybridized carbons (Fsp3) is 0.188. The van der Waals surface area contributed by atoms with Gasteiger partial charge in [-0.2, -0.15) is 5.10 Å². The van der Waals surface area contributed by atoms with Gasteiger partial charge in [0.1, 0.15) is 0 Å². The first-order valence-electron chi connectivity index (χ1n) is 6.96. The van der Waals surface area contributed by atoms with E-state index in [1.54, 1.807) is 12.4 Å². The van der Waals surface area contributed by atoms with Crippen LogP contribution in [-0.2, 0) is 13.0 Å². The molecule has 106 valence electrons. The Balaban J connectivity index is 1.56. The second-order valence-corrected chi connectivity index (χ2v) is 4.80. The van der Waals surface area contributed by atoms with Crippen molar-refractivity contribution in [1.82, 2.24) is 25.5 Å². The van der Waals surface area contributed by atoms with Crippen LogP contribution in [0.25, 0.3) is 11.3 Å². The van der Waals surface area contributed by atoms with Crippen molar-refractivity contribution in [3.05, 3.63) is 66.4 Å². The lowest BCUT2D eigenvalue weighted by molar-refractivity contribution is 0.687. The molecule has 21 heavy (non-hydrogen) atoms. The third kappa shape index (κ3) is 3.52. The maximum absolute atomic E-state index is 4.14. The Kier molecular flexibility index (Phi) is 4.33. The first kappa shape index (κ1) is 13.5. The molecule has 5 heteroatoms. The van der Waals surface area contributed by atoms with E-state index in [1.165, 1.54) is 5.56 Å². The number of aromatic amines is 1. The lowest BCUT2D eigenvalue weighted by atomic mass is 10.1. The SMILES string of the molecule is c1cncc(CCNCc2cn[nH]c2-c2cccnc2)c1. The Morgan fingerprint density at radius 3 is 2.62 bits per heavy atom. The molecule has 3 aromatic heterocycles. The predicted molar refractivity (Wildman–Crippen MR) is 81.5 cm³/mol. The van der Waals surface area contributed by atoms with Gasteiger partial charge in [0.2, 0.25) is 0 Å². The van der Waals surface area contributed by atoms with Crippen molar-refractivity contribution >= 4 is 0 Å². The van der Waals surface area contributed by atoms with Gasteiger partial charge in [0.15, 0.2) is 0 Å². The van der Waals surface area contributed by atoms with Crippen molar-refractivity contribution in [2.24, 2.45) is 0 Å². The van der Waals surface area contributed by atoms with Gasteiger partial charge in [0.05, 0.1) is 11.9 Å². The lowest BCUT2D eigenvalue weighted by Crippen LogP contribution is -2.16. The molecule has 0 saturated carbocycles. The van der Waals surface area contributed by atoms with Gasteiger partial charge in [-0.15, -0.1) is 0 Å². The predicted octanol–water partition coefficient (Wildman–Crippen LogP) is 2.20. The second-order valence-electron chi connectivity index (χ2n) is 4.80. The van der Waals surface area contributed by atoms with Crippen molar-refractivity contribution in [1.29, 1.82) is 0 Å². The van der Waals surface area contributed by atoms with E-state index < -0.39 is 0 Å². The zero-order chi connectivity index (χ0) is 14.3. The fourth-order valence-electron chi connectivity index (χ4n) is 2.21. The Bertz CT molecular complexity index is 663. The van der Waals surface area contributed by atoms with Crippen LogP contribution in [0.2, 0.25) is 0 Å². The smallest absolute Gasteiger partial charge is 0.0710 e. The number of nitrogens with one attached hydrogen (secondary N) is 2. The normalized spacial score (nSPS) is 10.7. The molecule has 0 aliphatic rings. The van der Waals surface area contributed by atoms with Crippen molar-refractivity contribution in [3.63, 3.8) is 0 Å². The molecule has 0 atom stereocenters. The summed E-state index contributed by atoms with van der Waals surface area (Å²) in [4.78, 5) is 8.26. The maximum atomic E-state index is 4.14. The Morgan fingerprint density at radius 1 is 1.00 bits per heavy atom. The Labute approximate surface area is 123 Å². The van der Waals surface area contributed by atoms with Gasteiger partial charge in [-0.1, -0.05) is 6.07 Å². The molecule has 3 rings (SSSR count). The monoisotopic (exact) mass is 279 g/mol. The van der Waals surface area contributed by atoms with Crippen LogP contribution in [0.4, 0.5) is 0 Å². The van der Waals surface area contributed by atoms with Gasteiger partial charge >= 0.3 is 0 Å². The van der Waals surface area contributed by atoms with E-state index in [9.17, 15) is 0 Å². The molecule has 0 amide bonds. The number of rotatable bonds is 6. The first-order chi connectivity index (χ1) is 10.4. The van der Waals surface area contributed by atoms with Crippen molar-refractivity contribution < 1.29 is 0 Å². The first-order valence-corrected chi connectivity index (χ1v) is 6.96.